The highest BCUT2D eigenvalue weighted by Gasteiger charge is 2.10. The van der Waals surface area contributed by atoms with Crippen molar-refractivity contribution in [2.75, 3.05) is 6.54 Å². The van der Waals surface area contributed by atoms with Gasteiger partial charge in [-0.3, -0.25) is 0 Å². The Balaban J connectivity index is 1.64. The van der Waals surface area contributed by atoms with Gasteiger partial charge in [-0.2, -0.15) is 0 Å². The van der Waals surface area contributed by atoms with Gasteiger partial charge in [0.05, 0.1) is 6.26 Å². The van der Waals surface area contributed by atoms with Crippen LogP contribution in [-0.2, 0) is 6.54 Å². The molecule has 0 bridgehead atoms. The molecule has 0 aliphatic carbocycles. The molecule has 2 amide bonds. The molecular formula is C15H17FN2O3. The van der Waals surface area contributed by atoms with Crippen LogP contribution in [0.25, 0.3) is 0 Å². The molecule has 0 saturated carbocycles. The molecule has 1 aromatic carbocycles. The fraction of sp³-hybridized carbons (Fsp3) is 0.267. The molecular weight excluding hydrogens is 275 g/mol. The number of nitrogens with one attached hydrogen (secondary N) is 2. The van der Waals surface area contributed by atoms with Crippen molar-refractivity contribution in [3.05, 3.63) is 59.8 Å². The molecule has 2 aromatic rings. The van der Waals surface area contributed by atoms with E-state index in [4.69, 9.17) is 4.42 Å². The first kappa shape index (κ1) is 15.1. The van der Waals surface area contributed by atoms with Crippen molar-refractivity contribution in [3.8, 4) is 0 Å². The zero-order valence-corrected chi connectivity index (χ0v) is 11.4. The molecule has 6 heteroatoms. The van der Waals surface area contributed by atoms with Gasteiger partial charge in [-0.1, -0.05) is 12.1 Å². The maximum absolute atomic E-state index is 12.7. The Kier molecular flexibility index (Phi) is 5.34. The van der Waals surface area contributed by atoms with Gasteiger partial charge in [-0.25, -0.2) is 9.18 Å². The Morgan fingerprint density at radius 1 is 1.24 bits per heavy atom. The molecule has 2 rings (SSSR count). The summed E-state index contributed by atoms with van der Waals surface area (Å²) in [5.41, 5.74) is 0.808. The Labute approximate surface area is 121 Å². The summed E-state index contributed by atoms with van der Waals surface area (Å²) in [4.78, 5) is 11.5. The topological polar surface area (TPSA) is 74.5 Å². The van der Waals surface area contributed by atoms with E-state index in [0.717, 1.165) is 5.56 Å². The van der Waals surface area contributed by atoms with Crippen molar-refractivity contribution >= 4 is 6.03 Å². The lowest BCUT2D eigenvalue weighted by Crippen LogP contribution is -2.36. The number of rotatable bonds is 6. The standard InChI is InChI=1S/C15H17FN2O3/c16-12-5-3-11(4-6-12)10-18-15(20)17-8-7-13(19)14-2-1-9-21-14/h1-6,9,13,19H,7-8,10H2,(H2,17,18,20). The minimum atomic E-state index is -0.739. The van der Waals surface area contributed by atoms with E-state index in [1.54, 1.807) is 24.3 Å². The Morgan fingerprint density at radius 3 is 2.67 bits per heavy atom. The van der Waals surface area contributed by atoms with Gasteiger partial charge in [-0.05, 0) is 36.2 Å². The highest BCUT2D eigenvalue weighted by Crippen LogP contribution is 2.15. The number of aliphatic hydroxyl groups is 1. The van der Waals surface area contributed by atoms with E-state index in [2.05, 4.69) is 10.6 Å². The second-order valence-electron chi connectivity index (χ2n) is 4.56. The van der Waals surface area contributed by atoms with Crippen LogP contribution in [0.15, 0.2) is 47.1 Å². The first-order valence-electron chi connectivity index (χ1n) is 6.63. The van der Waals surface area contributed by atoms with Crippen molar-refractivity contribution in [3.63, 3.8) is 0 Å². The Bertz CT molecular complexity index is 555. The molecule has 0 fully saturated rings. The number of aliphatic hydroxyl groups excluding tert-OH is 1. The third-order valence-corrected chi connectivity index (χ3v) is 2.94. The van der Waals surface area contributed by atoms with Crippen LogP contribution in [0.1, 0.15) is 23.8 Å². The number of amides is 2. The van der Waals surface area contributed by atoms with Gasteiger partial charge in [0, 0.05) is 13.1 Å². The molecule has 1 aromatic heterocycles. The van der Waals surface area contributed by atoms with Gasteiger partial charge in [0.1, 0.15) is 17.7 Å². The molecule has 1 unspecified atom stereocenters. The van der Waals surface area contributed by atoms with Crippen molar-refractivity contribution in [2.24, 2.45) is 0 Å². The summed E-state index contributed by atoms with van der Waals surface area (Å²) in [7, 11) is 0. The van der Waals surface area contributed by atoms with Crippen molar-refractivity contribution in [2.45, 2.75) is 19.1 Å². The first-order chi connectivity index (χ1) is 10.1. The largest absolute Gasteiger partial charge is 0.467 e. The van der Waals surface area contributed by atoms with Crippen LogP contribution in [0, 0.1) is 5.82 Å². The van der Waals surface area contributed by atoms with E-state index in [0.29, 0.717) is 25.3 Å². The molecule has 0 aliphatic heterocycles. The maximum Gasteiger partial charge on any atom is 0.315 e. The maximum atomic E-state index is 12.7. The molecule has 112 valence electrons. The van der Waals surface area contributed by atoms with Gasteiger partial charge < -0.3 is 20.2 Å². The lowest BCUT2D eigenvalue weighted by Gasteiger charge is -2.10. The monoisotopic (exact) mass is 292 g/mol. The smallest absolute Gasteiger partial charge is 0.315 e. The second-order valence-corrected chi connectivity index (χ2v) is 4.56. The Hall–Kier alpha value is -2.34. The molecule has 0 aliphatic rings. The van der Waals surface area contributed by atoms with Crippen LogP contribution in [0.2, 0.25) is 0 Å². The minimum absolute atomic E-state index is 0.310. The molecule has 21 heavy (non-hydrogen) atoms. The van der Waals surface area contributed by atoms with Gasteiger partial charge in [0.15, 0.2) is 0 Å². The average Bonchev–Trinajstić information content (AvgIpc) is 3.01. The number of carbonyl (C=O) groups is 1. The van der Waals surface area contributed by atoms with E-state index in [-0.39, 0.29) is 11.8 Å². The fourth-order valence-corrected chi connectivity index (χ4v) is 1.79. The zero-order chi connectivity index (χ0) is 15.1. The van der Waals surface area contributed by atoms with Crippen LogP contribution in [0.4, 0.5) is 9.18 Å². The van der Waals surface area contributed by atoms with E-state index in [9.17, 15) is 14.3 Å². The number of furan rings is 1. The zero-order valence-electron chi connectivity index (χ0n) is 11.4. The summed E-state index contributed by atoms with van der Waals surface area (Å²) >= 11 is 0. The van der Waals surface area contributed by atoms with Gasteiger partial charge >= 0.3 is 6.03 Å². The fourth-order valence-electron chi connectivity index (χ4n) is 1.79. The van der Waals surface area contributed by atoms with E-state index in [1.165, 1.54) is 18.4 Å². The third kappa shape index (κ3) is 4.92. The molecule has 0 radical (unpaired) electrons. The van der Waals surface area contributed by atoms with Crippen molar-refractivity contribution in [1.29, 1.82) is 0 Å². The van der Waals surface area contributed by atoms with Crippen LogP contribution in [-0.4, -0.2) is 17.7 Å². The number of hydrogen-bond donors (Lipinski definition) is 3. The average molecular weight is 292 g/mol. The normalized spacial score (nSPS) is 11.9. The highest BCUT2D eigenvalue weighted by molar-refractivity contribution is 5.73. The number of hydrogen-bond acceptors (Lipinski definition) is 3. The summed E-state index contributed by atoms with van der Waals surface area (Å²) in [6.07, 6.45) is 1.11. The highest BCUT2D eigenvalue weighted by atomic mass is 19.1. The van der Waals surface area contributed by atoms with E-state index < -0.39 is 6.10 Å². The minimum Gasteiger partial charge on any atom is -0.467 e. The molecule has 1 atom stereocenters. The molecule has 3 N–H and O–H groups in total. The predicted molar refractivity (Wildman–Crippen MR) is 74.9 cm³/mol. The second kappa shape index (κ2) is 7.44. The van der Waals surface area contributed by atoms with Crippen molar-refractivity contribution < 1.29 is 18.7 Å². The number of carbonyl (C=O) groups excluding carboxylic acids is 1. The number of benzene rings is 1. The first-order valence-corrected chi connectivity index (χ1v) is 6.63. The molecule has 1 heterocycles. The molecule has 5 nitrogen and oxygen atoms in total. The number of urea groups is 1. The van der Waals surface area contributed by atoms with E-state index in [1.807, 2.05) is 0 Å². The lowest BCUT2D eigenvalue weighted by atomic mass is 10.2. The Morgan fingerprint density at radius 2 is 2.00 bits per heavy atom. The summed E-state index contributed by atoms with van der Waals surface area (Å²) in [6, 6.07) is 8.93. The van der Waals surface area contributed by atoms with Crippen molar-refractivity contribution in [1.82, 2.24) is 10.6 Å². The third-order valence-electron chi connectivity index (χ3n) is 2.94. The van der Waals surface area contributed by atoms with Gasteiger partial charge in [0.2, 0.25) is 0 Å². The SMILES string of the molecule is O=C(NCCC(O)c1ccco1)NCc1ccc(F)cc1. The lowest BCUT2D eigenvalue weighted by molar-refractivity contribution is 0.140. The molecule has 0 spiro atoms. The number of halogens is 1. The quantitative estimate of drug-likeness (QED) is 0.765. The molecule has 0 saturated heterocycles. The predicted octanol–water partition coefficient (Wildman–Crippen LogP) is 2.34. The summed E-state index contributed by atoms with van der Waals surface area (Å²) in [6.45, 7) is 0.629. The van der Waals surface area contributed by atoms with Crippen LogP contribution >= 0.6 is 0 Å². The van der Waals surface area contributed by atoms with Crippen LogP contribution in [0.3, 0.4) is 0 Å². The summed E-state index contributed by atoms with van der Waals surface area (Å²) in [5, 5.41) is 15.0. The van der Waals surface area contributed by atoms with E-state index >= 15 is 0 Å². The van der Waals surface area contributed by atoms with Gasteiger partial charge in [0.25, 0.3) is 0 Å². The van der Waals surface area contributed by atoms with Crippen LogP contribution < -0.4 is 10.6 Å². The summed E-state index contributed by atoms with van der Waals surface area (Å²) < 4.78 is 17.8. The van der Waals surface area contributed by atoms with Gasteiger partial charge in [-0.15, -0.1) is 0 Å². The van der Waals surface area contributed by atoms with Crippen LogP contribution in [0.5, 0.6) is 0 Å². The summed E-state index contributed by atoms with van der Waals surface area (Å²) in [5.74, 6) is 0.165.